The number of carbonyl (C=O) groups is 2. The van der Waals surface area contributed by atoms with Crippen LogP contribution in [0.1, 0.15) is 12.8 Å². The van der Waals surface area contributed by atoms with Gasteiger partial charge >= 0.3 is 0 Å². The first-order valence-electron chi connectivity index (χ1n) is 4.36. The largest absolute Gasteiger partial charge is 0.383 e. The summed E-state index contributed by atoms with van der Waals surface area (Å²) in [6, 6.07) is 0. The molecule has 0 spiro atoms. The lowest BCUT2D eigenvalue weighted by molar-refractivity contribution is -0.121. The smallest absolute Gasteiger partial charge is 0.267 e. The van der Waals surface area contributed by atoms with Crippen molar-refractivity contribution in [3.05, 3.63) is 0 Å². The summed E-state index contributed by atoms with van der Waals surface area (Å²) in [6.45, 7) is 0.910. The van der Waals surface area contributed by atoms with E-state index in [1.807, 2.05) is 0 Å². The number of hydrogen-bond donors (Lipinski definition) is 2. The number of hydrogen-bond acceptors (Lipinski definition) is 4. The molecule has 0 aromatic carbocycles. The SMILES string of the molecule is COCCNC(=O)C1=NNC(=O)CC1. The van der Waals surface area contributed by atoms with Gasteiger partial charge in [-0.05, 0) is 0 Å². The lowest BCUT2D eigenvalue weighted by Gasteiger charge is -2.11. The van der Waals surface area contributed by atoms with Crippen LogP contribution in [0.25, 0.3) is 0 Å². The summed E-state index contributed by atoms with van der Waals surface area (Å²) in [4.78, 5) is 22.1. The Hall–Kier alpha value is -1.43. The van der Waals surface area contributed by atoms with E-state index in [4.69, 9.17) is 4.74 Å². The molecule has 0 aromatic rings. The van der Waals surface area contributed by atoms with Gasteiger partial charge in [-0.2, -0.15) is 5.10 Å². The van der Waals surface area contributed by atoms with Crippen molar-refractivity contribution in [1.29, 1.82) is 0 Å². The predicted octanol–water partition coefficient (Wildman–Crippen LogP) is -0.985. The molecule has 0 fully saturated rings. The van der Waals surface area contributed by atoms with Crippen molar-refractivity contribution in [1.82, 2.24) is 10.7 Å². The van der Waals surface area contributed by atoms with Crippen LogP contribution >= 0.6 is 0 Å². The minimum absolute atomic E-state index is 0.154. The molecule has 1 heterocycles. The van der Waals surface area contributed by atoms with Crippen LogP contribution in [0, 0.1) is 0 Å². The molecule has 0 saturated carbocycles. The predicted molar refractivity (Wildman–Crippen MR) is 49.7 cm³/mol. The summed E-state index contributed by atoms with van der Waals surface area (Å²) in [5.41, 5.74) is 2.62. The number of amides is 2. The highest BCUT2D eigenvalue weighted by Crippen LogP contribution is 1.98. The van der Waals surface area contributed by atoms with Gasteiger partial charge in [0.25, 0.3) is 5.91 Å². The van der Waals surface area contributed by atoms with Crippen LogP contribution in [0.2, 0.25) is 0 Å². The standard InChI is InChI=1S/C8H13N3O3/c1-14-5-4-9-8(13)6-2-3-7(12)11-10-6/h2-5H2,1H3,(H,9,13)(H,11,12). The molecule has 0 bridgehead atoms. The molecule has 6 nitrogen and oxygen atoms in total. The third-order valence-corrected chi connectivity index (χ3v) is 1.76. The Balaban J connectivity index is 2.33. The zero-order valence-corrected chi connectivity index (χ0v) is 8.00. The van der Waals surface area contributed by atoms with Crippen LogP contribution in [0.5, 0.6) is 0 Å². The van der Waals surface area contributed by atoms with Crippen molar-refractivity contribution in [2.45, 2.75) is 12.8 Å². The van der Waals surface area contributed by atoms with Crippen molar-refractivity contribution in [2.24, 2.45) is 5.10 Å². The lowest BCUT2D eigenvalue weighted by Crippen LogP contribution is -2.38. The maximum absolute atomic E-state index is 11.3. The maximum atomic E-state index is 11.3. The third kappa shape index (κ3) is 3.14. The number of hydrazone groups is 1. The number of ether oxygens (including phenoxy) is 1. The molecule has 0 atom stereocenters. The van der Waals surface area contributed by atoms with E-state index in [0.29, 0.717) is 31.7 Å². The number of nitrogens with zero attached hydrogens (tertiary/aromatic N) is 1. The second-order valence-electron chi connectivity index (χ2n) is 2.84. The van der Waals surface area contributed by atoms with Gasteiger partial charge in [0.05, 0.1) is 6.61 Å². The third-order valence-electron chi connectivity index (χ3n) is 1.76. The molecule has 0 aliphatic carbocycles. The van der Waals surface area contributed by atoms with Gasteiger partial charge in [0.1, 0.15) is 5.71 Å². The molecular formula is C8H13N3O3. The molecule has 1 rings (SSSR count). The van der Waals surface area contributed by atoms with E-state index in [1.165, 1.54) is 0 Å². The first kappa shape index (κ1) is 10.6. The summed E-state index contributed by atoms with van der Waals surface area (Å²) >= 11 is 0. The van der Waals surface area contributed by atoms with Gasteiger partial charge in [-0.1, -0.05) is 0 Å². The van der Waals surface area contributed by atoms with Crippen molar-refractivity contribution >= 4 is 17.5 Å². The Labute approximate surface area is 81.7 Å². The van der Waals surface area contributed by atoms with Gasteiger partial charge < -0.3 is 10.1 Å². The molecule has 6 heteroatoms. The summed E-state index contributed by atoms with van der Waals surface area (Å²) in [6.07, 6.45) is 0.710. The first-order valence-corrected chi connectivity index (χ1v) is 4.36. The molecule has 1 aliphatic heterocycles. The minimum atomic E-state index is -0.248. The van der Waals surface area contributed by atoms with Gasteiger partial charge in [-0.3, -0.25) is 9.59 Å². The number of carbonyl (C=O) groups excluding carboxylic acids is 2. The van der Waals surface area contributed by atoms with Crippen molar-refractivity contribution in [3.8, 4) is 0 Å². The van der Waals surface area contributed by atoms with Crippen LogP contribution in [-0.4, -0.2) is 37.8 Å². The molecular weight excluding hydrogens is 186 g/mol. The topological polar surface area (TPSA) is 79.8 Å². The Kier molecular flexibility index (Phi) is 4.06. The fourth-order valence-corrected chi connectivity index (χ4v) is 1.01. The second kappa shape index (κ2) is 5.33. The number of nitrogens with one attached hydrogen (secondary N) is 2. The molecule has 1 aliphatic rings. The van der Waals surface area contributed by atoms with Crippen LogP contribution in [0.4, 0.5) is 0 Å². The van der Waals surface area contributed by atoms with E-state index >= 15 is 0 Å². The Morgan fingerprint density at radius 3 is 3.00 bits per heavy atom. The zero-order chi connectivity index (χ0) is 10.4. The van der Waals surface area contributed by atoms with Crippen LogP contribution < -0.4 is 10.7 Å². The van der Waals surface area contributed by atoms with Crippen LogP contribution in [0.3, 0.4) is 0 Å². The van der Waals surface area contributed by atoms with E-state index in [2.05, 4.69) is 15.8 Å². The van der Waals surface area contributed by atoms with Gasteiger partial charge in [-0.15, -0.1) is 0 Å². The molecule has 0 radical (unpaired) electrons. The maximum Gasteiger partial charge on any atom is 0.267 e. The van der Waals surface area contributed by atoms with Gasteiger partial charge in [0, 0.05) is 26.5 Å². The quantitative estimate of drug-likeness (QED) is 0.571. The number of methoxy groups -OCH3 is 1. The van der Waals surface area contributed by atoms with E-state index in [0.717, 1.165) is 0 Å². The van der Waals surface area contributed by atoms with E-state index < -0.39 is 0 Å². The molecule has 14 heavy (non-hydrogen) atoms. The Bertz CT molecular complexity index is 263. The summed E-state index contributed by atoms with van der Waals surface area (Å²) in [5, 5.41) is 6.28. The monoisotopic (exact) mass is 199 g/mol. The Morgan fingerprint density at radius 1 is 1.64 bits per heavy atom. The van der Waals surface area contributed by atoms with Crippen LogP contribution in [0.15, 0.2) is 5.10 Å². The highest BCUT2D eigenvalue weighted by molar-refractivity contribution is 6.39. The van der Waals surface area contributed by atoms with Crippen molar-refractivity contribution < 1.29 is 14.3 Å². The fraction of sp³-hybridized carbons (Fsp3) is 0.625. The van der Waals surface area contributed by atoms with E-state index in [9.17, 15) is 9.59 Å². The minimum Gasteiger partial charge on any atom is -0.383 e. The Morgan fingerprint density at radius 2 is 2.43 bits per heavy atom. The van der Waals surface area contributed by atoms with Gasteiger partial charge in [0.2, 0.25) is 5.91 Å². The van der Waals surface area contributed by atoms with Gasteiger partial charge in [0.15, 0.2) is 0 Å². The average Bonchev–Trinajstić information content (AvgIpc) is 2.19. The normalized spacial score (nSPS) is 15.8. The summed E-state index contributed by atoms with van der Waals surface area (Å²) in [7, 11) is 1.56. The molecule has 2 N–H and O–H groups in total. The molecule has 0 unspecified atom stereocenters. The van der Waals surface area contributed by atoms with Gasteiger partial charge in [-0.25, -0.2) is 5.43 Å². The summed E-state index contributed by atoms with van der Waals surface area (Å²) < 4.78 is 4.77. The summed E-state index contributed by atoms with van der Waals surface area (Å²) in [5.74, 6) is -0.402. The van der Waals surface area contributed by atoms with Crippen molar-refractivity contribution in [2.75, 3.05) is 20.3 Å². The molecule has 0 aromatic heterocycles. The van der Waals surface area contributed by atoms with E-state index in [1.54, 1.807) is 7.11 Å². The zero-order valence-electron chi connectivity index (χ0n) is 8.00. The highest BCUT2D eigenvalue weighted by atomic mass is 16.5. The number of rotatable bonds is 4. The fourth-order valence-electron chi connectivity index (χ4n) is 1.01. The lowest BCUT2D eigenvalue weighted by atomic mass is 10.1. The van der Waals surface area contributed by atoms with E-state index in [-0.39, 0.29) is 11.8 Å². The molecule has 0 saturated heterocycles. The molecule has 2 amide bonds. The van der Waals surface area contributed by atoms with Crippen LogP contribution in [-0.2, 0) is 14.3 Å². The average molecular weight is 199 g/mol. The molecule has 78 valence electrons. The highest BCUT2D eigenvalue weighted by Gasteiger charge is 2.17. The second-order valence-corrected chi connectivity index (χ2v) is 2.84. The van der Waals surface area contributed by atoms with Crippen molar-refractivity contribution in [3.63, 3.8) is 0 Å². The first-order chi connectivity index (χ1) is 6.74.